The number of halogens is 2. The van der Waals surface area contributed by atoms with E-state index in [0.717, 1.165) is 31.7 Å². The average Bonchev–Trinajstić information content (AvgIpc) is 2.42. The summed E-state index contributed by atoms with van der Waals surface area (Å²) in [6.45, 7) is 4.41. The van der Waals surface area contributed by atoms with Gasteiger partial charge in [0.1, 0.15) is 11.6 Å². The number of rotatable bonds is 4. The fraction of sp³-hybridized carbons (Fsp3) is 0.647. The molecule has 1 aliphatic rings. The third kappa shape index (κ3) is 3.61. The predicted octanol–water partition coefficient (Wildman–Crippen LogP) is 3.85. The lowest BCUT2D eigenvalue weighted by Gasteiger charge is -2.45. The minimum Gasteiger partial charge on any atom is -0.390 e. The number of aliphatic hydroxyl groups excluding tert-OH is 1. The molecule has 1 unspecified atom stereocenters. The van der Waals surface area contributed by atoms with Crippen LogP contribution in [0.5, 0.6) is 0 Å². The lowest BCUT2D eigenvalue weighted by Crippen LogP contribution is -2.49. The Bertz CT molecular complexity index is 490. The van der Waals surface area contributed by atoms with Gasteiger partial charge in [-0.25, -0.2) is 8.78 Å². The highest BCUT2D eigenvalue weighted by Crippen LogP contribution is 2.44. The quantitative estimate of drug-likeness (QED) is 0.915. The smallest absolute Gasteiger partial charge is 0.129 e. The third-order valence-corrected chi connectivity index (χ3v) is 4.89. The van der Waals surface area contributed by atoms with Crippen LogP contribution in [-0.4, -0.2) is 23.9 Å². The van der Waals surface area contributed by atoms with Crippen LogP contribution in [0.2, 0.25) is 0 Å². The Balaban J connectivity index is 2.12. The number of benzene rings is 1. The normalized spacial score (nSPS) is 22.0. The van der Waals surface area contributed by atoms with Crippen LogP contribution in [0.15, 0.2) is 18.2 Å². The van der Waals surface area contributed by atoms with Gasteiger partial charge in [0.15, 0.2) is 0 Å². The van der Waals surface area contributed by atoms with Crippen molar-refractivity contribution in [1.82, 2.24) is 0 Å². The molecule has 1 aromatic rings. The van der Waals surface area contributed by atoms with Crippen molar-refractivity contribution in [3.63, 3.8) is 0 Å². The summed E-state index contributed by atoms with van der Waals surface area (Å²) < 4.78 is 32.3. The van der Waals surface area contributed by atoms with Crippen LogP contribution in [0, 0.1) is 17.0 Å². The summed E-state index contributed by atoms with van der Waals surface area (Å²) in [7, 11) is 1.60. The molecule has 1 aromatic carbocycles. The van der Waals surface area contributed by atoms with Gasteiger partial charge in [-0.05, 0) is 42.7 Å². The molecule has 1 aliphatic carbocycles. The Morgan fingerprint density at radius 2 is 1.81 bits per heavy atom. The molecule has 0 spiro atoms. The number of ether oxygens (including phenoxy) is 1. The highest BCUT2D eigenvalue weighted by atomic mass is 19.1. The van der Waals surface area contributed by atoms with E-state index in [9.17, 15) is 13.9 Å². The van der Waals surface area contributed by atoms with E-state index in [2.05, 4.69) is 13.8 Å². The van der Waals surface area contributed by atoms with Crippen molar-refractivity contribution in [3.05, 3.63) is 35.4 Å². The SMILES string of the molecule is COC1(C(O)Cc2ccc(F)cc2F)CCC(C)(C)CC1. The van der Waals surface area contributed by atoms with E-state index in [-0.39, 0.29) is 11.8 Å². The molecule has 2 nitrogen and oxygen atoms in total. The van der Waals surface area contributed by atoms with Gasteiger partial charge in [-0.2, -0.15) is 0 Å². The molecule has 0 radical (unpaired) electrons. The molecule has 0 aromatic heterocycles. The molecular formula is C17H24F2O2. The van der Waals surface area contributed by atoms with E-state index in [1.54, 1.807) is 7.11 Å². The first kappa shape index (κ1) is 16.4. The van der Waals surface area contributed by atoms with Gasteiger partial charge in [0.05, 0.1) is 11.7 Å². The monoisotopic (exact) mass is 298 g/mol. The summed E-state index contributed by atoms with van der Waals surface area (Å²) in [4.78, 5) is 0. The van der Waals surface area contributed by atoms with Crippen molar-refractivity contribution in [2.75, 3.05) is 7.11 Å². The molecule has 4 heteroatoms. The third-order valence-electron chi connectivity index (χ3n) is 4.89. The molecule has 2 rings (SSSR count). The molecule has 0 heterocycles. The lowest BCUT2D eigenvalue weighted by atomic mass is 9.68. The van der Waals surface area contributed by atoms with Gasteiger partial charge in [-0.15, -0.1) is 0 Å². The molecule has 0 amide bonds. The first-order valence-corrected chi connectivity index (χ1v) is 7.45. The fourth-order valence-electron chi connectivity index (χ4n) is 3.10. The lowest BCUT2D eigenvalue weighted by molar-refractivity contribution is -0.135. The summed E-state index contributed by atoms with van der Waals surface area (Å²) in [6, 6.07) is 3.46. The summed E-state index contributed by atoms with van der Waals surface area (Å²) >= 11 is 0. The minimum atomic E-state index is -0.793. The van der Waals surface area contributed by atoms with Crippen molar-refractivity contribution in [2.24, 2.45) is 5.41 Å². The maximum atomic E-state index is 13.7. The molecule has 0 bridgehead atoms. The molecule has 1 saturated carbocycles. The van der Waals surface area contributed by atoms with Crippen molar-refractivity contribution >= 4 is 0 Å². The molecule has 1 atom stereocenters. The summed E-state index contributed by atoms with van der Waals surface area (Å²) in [5, 5.41) is 10.6. The van der Waals surface area contributed by atoms with Crippen LogP contribution in [0.1, 0.15) is 45.1 Å². The number of hydrogen-bond acceptors (Lipinski definition) is 2. The second-order valence-electron chi connectivity index (χ2n) is 6.89. The molecule has 1 N–H and O–H groups in total. The maximum absolute atomic E-state index is 13.7. The topological polar surface area (TPSA) is 29.5 Å². The van der Waals surface area contributed by atoms with Gasteiger partial charge < -0.3 is 9.84 Å². The first-order chi connectivity index (χ1) is 9.78. The van der Waals surface area contributed by atoms with Crippen LogP contribution < -0.4 is 0 Å². The molecule has 1 fully saturated rings. The van der Waals surface area contributed by atoms with Crippen LogP contribution in [-0.2, 0) is 11.2 Å². The largest absolute Gasteiger partial charge is 0.390 e. The van der Waals surface area contributed by atoms with Gasteiger partial charge >= 0.3 is 0 Å². The van der Waals surface area contributed by atoms with Gasteiger partial charge in [0, 0.05) is 19.6 Å². The van der Waals surface area contributed by atoms with Gasteiger partial charge in [0.2, 0.25) is 0 Å². The maximum Gasteiger partial charge on any atom is 0.129 e. The van der Waals surface area contributed by atoms with E-state index in [4.69, 9.17) is 4.74 Å². The second kappa shape index (κ2) is 6.01. The van der Waals surface area contributed by atoms with Crippen LogP contribution in [0.3, 0.4) is 0 Å². The summed E-state index contributed by atoms with van der Waals surface area (Å²) in [5.74, 6) is -1.22. The van der Waals surface area contributed by atoms with E-state index < -0.39 is 23.3 Å². The van der Waals surface area contributed by atoms with Crippen molar-refractivity contribution < 1.29 is 18.6 Å². The van der Waals surface area contributed by atoms with Gasteiger partial charge in [0.25, 0.3) is 0 Å². The zero-order valence-corrected chi connectivity index (χ0v) is 13.0. The van der Waals surface area contributed by atoms with E-state index in [1.807, 2.05) is 0 Å². The average molecular weight is 298 g/mol. The van der Waals surface area contributed by atoms with Crippen LogP contribution in [0.25, 0.3) is 0 Å². The number of hydrogen-bond donors (Lipinski definition) is 1. The van der Waals surface area contributed by atoms with Crippen molar-refractivity contribution in [2.45, 2.75) is 57.7 Å². The highest BCUT2D eigenvalue weighted by molar-refractivity contribution is 5.20. The minimum absolute atomic E-state index is 0.139. The van der Waals surface area contributed by atoms with Crippen LogP contribution in [0.4, 0.5) is 8.78 Å². The molecule has 118 valence electrons. The van der Waals surface area contributed by atoms with Gasteiger partial charge in [-0.1, -0.05) is 19.9 Å². The second-order valence-corrected chi connectivity index (χ2v) is 6.89. The zero-order chi connectivity index (χ0) is 15.7. The van der Waals surface area contributed by atoms with E-state index in [1.165, 1.54) is 12.1 Å². The predicted molar refractivity (Wildman–Crippen MR) is 78.1 cm³/mol. The summed E-state index contributed by atoms with van der Waals surface area (Å²) in [5.41, 5.74) is -0.0516. The molecule has 21 heavy (non-hydrogen) atoms. The Kier molecular flexibility index (Phi) is 4.69. The Labute approximate surface area is 125 Å². The summed E-state index contributed by atoms with van der Waals surface area (Å²) in [6.07, 6.45) is 2.77. The Morgan fingerprint density at radius 3 is 2.33 bits per heavy atom. The first-order valence-electron chi connectivity index (χ1n) is 7.45. The number of aliphatic hydroxyl groups is 1. The van der Waals surface area contributed by atoms with Gasteiger partial charge in [-0.3, -0.25) is 0 Å². The fourth-order valence-corrected chi connectivity index (χ4v) is 3.10. The van der Waals surface area contributed by atoms with Crippen LogP contribution >= 0.6 is 0 Å². The molecule has 0 aliphatic heterocycles. The van der Waals surface area contributed by atoms with E-state index >= 15 is 0 Å². The number of methoxy groups -OCH3 is 1. The Morgan fingerprint density at radius 1 is 1.19 bits per heavy atom. The standard InChI is InChI=1S/C17H24F2O2/c1-16(2)6-8-17(21-3,9-7-16)15(20)10-12-4-5-13(18)11-14(12)19/h4-5,11,15,20H,6-10H2,1-3H3. The Hall–Kier alpha value is -1.00. The van der Waals surface area contributed by atoms with E-state index in [0.29, 0.717) is 5.56 Å². The molecular weight excluding hydrogens is 274 g/mol. The molecule has 0 saturated heterocycles. The van der Waals surface area contributed by atoms with Crippen molar-refractivity contribution in [1.29, 1.82) is 0 Å². The van der Waals surface area contributed by atoms with Crippen molar-refractivity contribution in [3.8, 4) is 0 Å². The highest BCUT2D eigenvalue weighted by Gasteiger charge is 2.43. The zero-order valence-electron chi connectivity index (χ0n) is 13.0.